The third-order valence-corrected chi connectivity index (χ3v) is 3.56. The van der Waals surface area contributed by atoms with Gasteiger partial charge in [0.05, 0.1) is 26.6 Å². The van der Waals surface area contributed by atoms with Crippen LogP contribution in [0.25, 0.3) is 0 Å². The first-order valence-corrected chi connectivity index (χ1v) is 9.80. The lowest BCUT2D eigenvalue weighted by molar-refractivity contribution is -0.822. The molecule has 0 unspecified atom stereocenters. The van der Waals surface area contributed by atoms with Gasteiger partial charge in [-0.15, -0.1) is 6.42 Å². The Morgan fingerprint density at radius 1 is 0.655 bits per heavy atom. The molecular formula is C23H16ClNO3Si. The smallest absolute Gasteiger partial charge is 0.492 e. The molecule has 0 fully saturated rings. The molecule has 0 aliphatic carbocycles. The molecule has 0 bridgehead atoms. The van der Waals surface area contributed by atoms with Crippen LogP contribution in [0.3, 0.4) is 0 Å². The van der Waals surface area contributed by atoms with Crippen molar-refractivity contribution in [3.63, 3.8) is 0 Å². The maximum absolute atomic E-state index is 8.97. The molecule has 0 aromatic rings. The highest BCUT2D eigenvalue weighted by atomic mass is 35.5. The SMILES string of the molecule is C#CC#CC#CC#CC#CC#CC#CC#CC#C[N+](C)(C)CCC[Si](O)(O)O.[Cl-]. The molecule has 0 radical (unpaired) electrons. The summed E-state index contributed by atoms with van der Waals surface area (Å²) in [6.07, 6.45) is 5.36. The molecule has 3 N–H and O–H groups in total. The highest BCUT2D eigenvalue weighted by Crippen LogP contribution is 2.05. The van der Waals surface area contributed by atoms with Gasteiger partial charge in [0.1, 0.15) is 0 Å². The fraction of sp³-hybridized carbons (Fsp3) is 0.217. The van der Waals surface area contributed by atoms with E-state index in [9.17, 15) is 0 Å². The summed E-state index contributed by atoms with van der Waals surface area (Å²) >= 11 is 0. The molecule has 0 spiro atoms. The number of nitrogens with zero attached hydrogens (tertiary/aromatic N) is 1. The molecule has 0 heterocycles. The van der Waals surface area contributed by atoms with Gasteiger partial charge in [0.25, 0.3) is 0 Å². The molecule has 6 heteroatoms. The summed E-state index contributed by atoms with van der Waals surface area (Å²) in [4.78, 5) is 26.9. The van der Waals surface area contributed by atoms with E-state index >= 15 is 0 Å². The first-order chi connectivity index (χ1) is 13.3. The zero-order valence-corrected chi connectivity index (χ0v) is 17.6. The van der Waals surface area contributed by atoms with Crippen molar-refractivity contribution in [1.82, 2.24) is 0 Å². The van der Waals surface area contributed by atoms with Gasteiger partial charge < -0.3 is 26.8 Å². The zero-order chi connectivity index (χ0) is 21.1. The molecule has 0 aromatic heterocycles. The fourth-order valence-electron chi connectivity index (χ4n) is 1.39. The van der Waals surface area contributed by atoms with E-state index in [4.69, 9.17) is 20.8 Å². The predicted octanol–water partition coefficient (Wildman–Crippen LogP) is -4.01. The van der Waals surface area contributed by atoms with E-state index < -0.39 is 8.80 Å². The minimum atomic E-state index is -3.98. The number of hydrogen-bond donors (Lipinski definition) is 3. The second-order valence-corrected chi connectivity index (χ2v) is 7.47. The Morgan fingerprint density at radius 3 is 1.34 bits per heavy atom. The number of rotatable bonds is 4. The van der Waals surface area contributed by atoms with Crippen molar-refractivity contribution >= 4 is 8.80 Å². The van der Waals surface area contributed by atoms with E-state index in [0.29, 0.717) is 17.4 Å². The maximum atomic E-state index is 8.97. The van der Waals surface area contributed by atoms with Gasteiger partial charge >= 0.3 is 8.80 Å². The highest BCUT2D eigenvalue weighted by molar-refractivity contribution is 6.56. The predicted molar refractivity (Wildman–Crippen MR) is 110 cm³/mol. The number of quaternary nitrogens is 1. The summed E-state index contributed by atoms with van der Waals surface area (Å²) < 4.78 is 0.309. The Bertz CT molecular complexity index is 1110. The van der Waals surface area contributed by atoms with Crippen molar-refractivity contribution < 1.29 is 31.3 Å². The Kier molecular flexibility index (Phi) is 15.8. The zero-order valence-electron chi connectivity index (χ0n) is 15.9. The van der Waals surface area contributed by atoms with Gasteiger partial charge in [-0.05, 0) is 47.4 Å². The largest absolute Gasteiger partial charge is 1.00 e. The lowest BCUT2D eigenvalue weighted by Crippen LogP contribution is -3.00. The van der Waals surface area contributed by atoms with Gasteiger partial charge in [0.15, 0.2) is 6.04 Å². The van der Waals surface area contributed by atoms with E-state index in [1.54, 1.807) is 0 Å². The Labute approximate surface area is 180 Å². The molecule has 0 saturated carbocycles. The maximum Gasteiger partial charge on any atom is 0.492 e. The van der Waals surface area contributed by atoms with Crippen LogP contribution in [0.15, 0.2) is 0 Å². The van der Waals surface area contributed by atoms with E-state index in [0.717, 1.165) is 0 Å². The first kappa shape index (κ1) is 27.6. The van der Waals surface area contributed by atoms with Crippen molar-refractivity contribution in [2.75, 3.05) is 20.6 Å². The molecule has 0 aliphatic rings. The molecule has 0 aliphatic heterocycles. The van der Waals surface area contributed by atoms with Gasteiger partial charge in [0.2, 0.25) is 0 Å². The van der Waals surface area contributed by atoms with Gasteiger partial charge in [-0.1, -0.05) is 0 Å². The van der Waals surface area contributed by atoms with Crippen LogP contribution in [0.4, 0.5) is 0 Å². The number of hydrogen-bond acceptors (Lipinski definition) is 3. The normalized spacial score (nSPS) is 7.45. The molecule has 0 saturated heterocycles. The molecule has 0 aromatic carbocycles. The quantitative estimate of drug-likeness (QED) is 0.248. The first-order valence-electron chi connectivity index (χ1n) is 7.75. The van der Waals surface area contributed by atoms with Crippen molar-refractivity contribution in [3.8, 4) is 107 Å². The summed E-state index contributed by atoms with van der Waals surface area (Å²) in [5.74, 6) is 39.5. The van der Waals surface area contributed by atoms with E-state index in [-0.39, 0.29) is 18.5 Å². The number of halogens is 1. The molecule has 0 rings (SSSR count). The minimum Gasteiger partial charge on any atom is -1.00 e. The summed E-state index contributed by atoms with van der Waals surface area (Å²) in [6, 6.07) is 2.89. The summed E-state index contributed by atoms with van der Waals surface area (Å²) in [5, 5.41) is 0. The van der Waals surface area contributed by atoms with E-state index in [2.05, 4.69) is 101 Å². The van der Waals surface area contributed by atoms with Gasteiger partial charge in [0, 0.05) is 53.9 Å². The van der Waals surface area contributed by atoms with Crippen molar-refractivity contribution in [2.45, 2.75) is 12.5 Å². The van der Waals surface area contributed by atoms with Crippen LogP contribution in [-0.4, -0.2) is 48.3 Å². The lowest BCUT2D eigenvalue weighted by atomic mass is 10.4. The Hall–Kier alpha value is -3.61. The minimum absolute atomic E-state index is 0. The van der Waals surface area contributed by atoms with E-state index in [1.807, 2.05) is 14.1 Å². The lowest BCUT2D eigenvalue weighted by Gasteiger charge is -2.21. The Morgan fingerprint density at radius 2 is 1.00 bits per heavy atom. The molecular weight excluding hydrogens is 402 g/mol. The summed E-state index contributed by atoms with van der Waals surface area (Å²) in [5.41, 5.74) is 0. The number of terminal acetylenes is 1. The van der Waals surface area contributed by atoms with Crippen LogP contribution < -0.4 is 12.4 Å². The van der Waals surface area contributed by atoms with Crippen LogP contribution >= 0.6 is 0 Å². The third-order valence-electron chi connectivity index (χ3n) is 2.54. The van der Waals surface area contributed by atoms with Crippen molar-refractivity contribution in [1.29, 1.82) is 0 Å². The van der Waals surface area contributed by atoms with Gasteiger partial charge in [-0.25, -0.2) is 0 Å². The average Bonchev–Trinajstić information content (AvgIpc) is 2.60. The van der Waals surface area contributed by atoms with Crippen LogP contribution in [-0.2, 0) is 0 Å². The molecule has 29 heavy (non-hydrogen) atoms. The second-order valence-electron chi connectivity index (χ2n) is 5.42. The van der Waals surface area contributed by atoms with E-state index in [1.165, 1.54) is 0 Å². The highest BCUT2D eigenvalue weighted by Gasteiger charge is 2.27. The average molecular weight is 418 g/mol. The third kappa shape index (κ3) is 22.3. The fourth-order valence-corrected chi connectivity index (χ4v) is 2.02. The summed E-state index contributed by atoms with van der Waals surface area (Å²) in [6.45, 7) is 0.549. The molecule has 0 atom stereocenters. The standard InChI is InChI=1S/C23H16NO3Si.ClH/c1-4-5-6-7-8-9-10-11-12-13-14-15-16-17-18-19-21-24(2,3)22-20-23-28(25,26)27;/h1,25-27H,20,22-23H2,2-3H3;1H/q+1;/p-1. The van der Waals surface area contributed by atoms with Gasteiger partial charge in [-0.2, -0.15) is 0 Å². The van der Waals surface area contributed by atoms with Crippen LogP contribution in [0, 0.1) is 107 Å². The van der Waals surface area contributed by atoms with Crippen LogP contribution in [0.2, 0.25) is 6.04 Å². The second kappa shape index (κ2) is 16.6. The molecule has 4 nitrogen and oxygen atoms in total. The van der Waals surface area contributed by atoms with Gasteiger partial charge in [-0.3, -0.25) is 4.48 Å². The molecule has 0 amide bonds. The van der Waals surface area contributed by atoms with Crippen LogP contribution in [0.5, 0.6) is 0 Å². The Balaban J connectivity index is 0. The summed E-state index contributed by atoms with van der Waals surface area (Å²) in [7, 11) is -0.291. The topological polar surface area (TPSA) is 60.7 Å². The van der Waals surface area contributed by atoms with Crippen molar-refractivity contribution in [2.24, 2.45) is 0 Å². The monoisotopic (exact) mass is 417 g/mol. The molecule has 142 valence electrons. The van der Waals surface area contributed by atoms with Crippen LogP contribution in [0.1, 0.15) is 6.42 Å². The van der Waals surface area contributed by atoms with Crippen molar-refractivity contribution in [3.05, 3.63) is 0 Å².